The average Bonchev–Trinajstić information content (AvgIpc) is 2.62. The van der Waals surface area contributed by atoms with Crippen molar-refractivity contribution >= 4 is 11.9 Å². The highest BCUT2D eigenvalue weighted by Crippen LogP contribution is 2.11. The van der Waals surface area contributed by atoms with Crippen molar-refractivity contribution < 1.29 is 19.1 Å². The number of nitrogens with zero attached hydrogens (tertiary/aromatic N) is 1. The number of hydrogen-bond acceptors (Lipinski definition) is 5. The zero-order valence-corrected chi connectivity index (χ0v) is 19.9. The van der Waals surface area contributed by atoms with Crippen LogP contribution >= 0.6 is 0 Å². The molecule has 0 aromatic carbocycles. The van der Waals surface area contributed by atoms with E-state index in [-0.39, 0.29) is 11.9 Å². The van der Waals surface area contributed by atoms with Gasteiger partial charge in [-0.2, -0.15) is 0 Å². The van der Waals surface area contributed by atoms with Gasteiger partial charge in [-0.3, -0.25) is 14.5 Å². The van der Waals surface area contributed by atoms with E-state index in [0.29, 0.717) is 19.6 Å². The van der Waals surface area contributed by atoms with Crippen LogP contribution in [0.25, 0.3) is 0 Å². The van der Waals surface area contributed by atoms with E-state index < -0.39 is 5.60 Å². The number of ether oxygens (including phenoxy) is 2. The molecule has 0 rings (SSSR count). The fourth-order valence-electron chi connectivity index (χ4n) is 3.13. The molecule has 0 spiro atoms. The molecule has 0 aromatic rings. The Labute approximate surface area is 179 Å². The molecule has 0 N–H and O–H groups in total. The van der Waals surface area contributed by atoms with Gasteiger partial charge in [-0.25, -0.2) is 0 Å². The minimum atomic E-state index is -0.454. The summed E-state index contributed by atoms with van der Waals surface area (Å²) in [5.41, 5.74) is -0.454. The summed E-state index contributed by atoms with van der Waals surface area (Å²) in [7, 11) is 0. The van der Waals surface area contributed by atoms with Crippen LogP contribution in [0.5, 0.6) is 0 Å². The van der Waals surface area contributed by atoms with Crippen LogP contribution in [-0.4, -0.2) is 48.7 Å². The van der Waals surface area contributed by atoms with E-state index in [2.05, 4.69) is 18.7 Å². The van der Waals surface area contributed by atoms with Gasteiger partial charge in [0.25, 0.3) is 0 Å². The molecule has 0 aliphatic rings. The van der Waals surface area contributed by atoms with E-state index in [1.807, 2.05) is 20.8 Å². The van der Waals surface area contributed by atoms with Gasteiger partial charge in [0, 0.05) is 6.42 Å². The molecule has 0 atom stereocenters. The molecule has 0 fully saturated rings. The molecule has 5 heteroatoms. The molecule has 29 heavy (non-hydrogen) atoms. The highest BCUT2D eigenvalue weighted by atomic mass is 16.6. The number of carbonyl (C=O) groups is 2. The van der Waals surface area contributed by atoms with Crippen molar-refractivity contribution in [3.8, 4) is 0 Å². The fourth-order valence-corrected chi connectivity index (χ4v) is 3.13. The lowest BCUT2D eigenvalue weighted by Crippen LogP contribution is -2.36. The topological polar surface area (TPSA) is 55.8 Å². The Bertz CT molecular complexity index is 418. The summed E-state index contributed by atoms with van der Waals surface area (Å²) in [6, 6.07) is 0. The predicted octanol–water partition coefficient (Wildman–Crippen LogP) is 5.89. The molecule has 0 aliphatic carbocycles. The fraction of sp³-hybridized carbons (Fsp3) is 0.917. The normalized spacial score (nSPS) is 11.7. The third kappa shape index (κ3) is 20.0. The second-order valence-corrected chi connectivity index (χ2v) is 9.02. The highest BCUT2D eigenvalue weighted by Gasteiger charge is 2.19. The molecular weight excluding hydrogens is 366 g/mol. The molecule has 0 amide bonds. The second-order valence-electron chi connectivity index (χ2n) is 9.02. The van der Waals surface area contributed by atoms with Gasteiger partial charge in [0.1, 0.15) is 5.60 Å². The first-order valence-electron chi connectivity index (χ1n) is 11.9. The second kappa shape index (κ2) is 17.7. The zero-order chi connectivity index (χ0) is 22.0. The molecule has 0 saturated carbocycles. The molecule has 0 heterocycles. The van der Waals surface area contributed by atoms with Gasteiger partial charge < -0.3 is 9.47 Å². The first-order chi connectivity index (χ1) is 13.8. The Hall–Kier alpha value is -1.10. The van der Waals surface area contributed by atoms with Gasteiger partial charge in [0.15, 0.2) is 0 Å². The Kier molecular flexibility index (Phi) is 17.1. The average molecular weight is 414 g/mol. The van der Waals surface area contributed by atoms with Crippen molar-refractivity contribution in [1.82, 2.24) is 4.90 Å². The molecule has 5 nitrogen and oxygen atoms in total. The maximum atomic E-state index is 12.2. The Morgan fingerprint density at radius 1 is 0.724 bits per heavy atom. The van der Waals surface area contributed by atoms with Gasteiger partial charge in [-0.05, 0) is 59.5 Å². The predicted molar refractivity (Wildman–Crippen MR) is 120 cm³/mol. The van der Waals surface area contributed by atoms with E-state index >= 15 is 0 Å². The third-order valence-corrected chi connectivity index (χ3v) is 4.72. The molecule has 0 unspecified atom stereocenters. The van der Waals surface area contributed by atoms with E-state index in [1.165, 1.54) is 38.5 Å². The largest absolute Gasteiger partial charge is 0.466 e. The number of esters is 2. The lowest BCUT2D eigenvalue weighted by Gasteiger charge is -2.25. The van der Waals surface area contributed by atoms with Gasteiger partial charge >= 0.3 is 11.9 Å². The molecule has 0 aliphatic heterocycles. The van der Waals surface area contributed by atoms with Crippen LogP contribution in [0.2, 0.25) is 0 Å². The minimum absolute atomic E-state index is 0.107. The van der Waals surface area contributed by atoms with Crippen molar-refractivity contribution in [2.45, 2.75) is 117 Å². The van der Waals surface area contributed by atoms with E-state index in [0.717, 1.165) is 45.2 Å². The molecule has 0 aromatic heterocycles. The van der Waals surface area contributed by atoms with Crippen LogP contribution < -0.4 is 0 Å². The van der Waals surface area contributed by atoms with E-state index in [9.17, 15) is 9.59 Å². The highest BCUT2D eigenvalue weighted by molar-refractivity contribution is 5.72. The molecule has 0 saturated heterocycles. The number of carbonyl (C=O) groups excluding carboxylic acids is 2. The monoisotopic (exact) mass is 413 g/mol. The molecule has 0 bridgehead atoms. The van der Waals surface area contributed by atoms with Crippen molar-refractivity contribution in [2.75, 3.05) is 26.2 Å². The lowest BCUT2D eigenvalue weighted by molar-refractivity contribution is -0.156. The Morgan fingerprint density at radius 3 is 1.86 bits per heavy atom. The van der Waals surface area contributed by atoms with Crippen molar-refractivity contribution in [1.29, 1.82) is 0 Å². The summed E-state index contributed by atoms with van der Waals surface area (Å²) in [4.78, 5) is 26.1. The standard InChI is InChI=1S/C24H47NO4/c1-6-8-10-11-12-13-15-18-25(21-23(27)29-24(3,4)5)19-16-14-17-22(26)28-20-9-7-2/h6-21H2,1-5H3. The zero-order valence-electron chi connectivity index (χ0n) is 19.9. The quantitative estimate of drug-likeness (QED) is 0.207. The third-order valence-electron chi connectivity index (χ3n) is 4.72. The molecule has 172 valence electrons. The summed E-state index contributed by atoms with van der Waals surface area (Å²) in [6.45, 7) is 12.6. The Morgan fingerprint density at radius 2 is 1.28 bits per heavy atom. The number of hydrogen-bond donors (Lipinski definition) is 0. The van der Waals surface area contributed by atoms with Crippen molar-refractivity contribution in [2.24, 2.45) is 0 Å². The van der Waals surface area contributed by atoms with Crippen LogP contribution in [0.4, 0.5) is 0 Å². The number of rotatable bonds is 18. The van der Waals surface area contributed by atoms with Crippen LogP contribution in [0, 0.1) is 0 Å². The summed E-state index contributed by atoms with van der Waals surface area (Å²) in [5.74, 6) is -0.274. The summed E-state index contributed by atoms with van der Waals surface area (Å²) in [5, 5.41) is 0. The van der Waals surface area contributed by atoms with E-state index in [4.69, 9.17) is 9.47 Å². The van der Waals surface area contributed by atoms with Gasteiger partial charge in [0.2, 0.25) is 0 Å². The van der Waals surface area contributed by atoms with Gasteiger partial charge in [-0.1, -0.05) is 58.8 Å². The molecular formula is C24H47NO4. The maximum Gasteiger partial charge on any atom is 0.320 e. The Balaban J connectivity index is 4.20. The van der Waals surface area contributed by atoms with Crippen LogP contribution in [-0.2, 0) is 19.1 Å². The molecule has 0 radical (unpaired) electrons. The van der Waals surface area contributed by atoms with Crippen LogP contribution in [0.15, 0.2) is 0 Å². The van der Waals surface area contributed by atoms with Gasteiger partial charge in [-0.15, -0.1) is 0 Å². The van der Waals surface area contributed by atoms with Gasteiger partial charge in [0.05, 0.1) is 13.2 Å². The van der Waals surface area contributed by atoms with Crippen molar-refractivity contribution in [3.05, 3.63) is 0 Å². The van der Waals surface area contributed by atoms with Crippen LogP contribution in [0.1, 0.15) is 112 Å². The first-order valence-corrected chi connectivity index (χ1v) is 11.9. The minimum Gasteiger partial charge on any atom is -0.466 e. The summed E-state index contributed by atoms with van der Waals surface area (Å²) < 4.78 is 10.7. The summed E-state index contributed by atoms with van der Waals surface area (Å²) in [6.07, 6.45) is 12.9. The maximum absolute atomic E-state index is 12.2. The lowest BCUT2D eigenvalue weighted by atomic mass is 10.1. The van der Waals surface area contributed by atoms with E-state index in [1.54, 1.807) is 0 Å². The van der Waals surface area contributed by atoms with Crippen LogP contribution in [0.3, 0.4) is 0 Å². The number of unbranched alkanes of at least 4 members (excludes halogenated alkanes) is 8. The first kappa shape index (κ1) is 27.9. The summed E-state index contributed by atoms with van der Waals surface area (Å²) >= 11 is 0. The SMILES string of the molecule is CCCCCCCCCN(CCCCC(=O)OCCCC)CC(=O)OC(C)(C)C. The van der Waals surface area contributed by atoms with Crippen molar-refractivity contribution in [3.63, 3.8) is 0 Å². The smallest absolute Gasteiger partial charge is 0.320 e.